The fourth-order valence-corrected chi connectivity index (χ4v) is 0.648. The summed E-state index contributed by atoms with van der Waals surface area (Å²) in [6.45, 7) is 0. The number of carbonyl (C=O) groups excluding carboxylic acids is 1. The van der Waals surface area contributed by atoms with Crippen LogP contribution in [0.4, 0.5) is 4.39 Å². The van der Waals surface area contributed by atoms with E-state index in [1.165, 1.54) is 12.1 Å². The van der Waals surface area contributed by atoms with Gasteiger partial charge in [0.2, 0.25) is 0 Å². The van der Waals surface area contributed by atoms with Gasteiger partial charge in [-0.05, 0) is 18.2 Å². The van der Waals surface area contributed by atoms with Crippen molar-refractivity contribution in [3.63, 3.8) is 0 Å². The van der Waals surface area contributed by atoms with Crippen LogP contribution >= 0.6 is 0 Å². The largest absolute Gasteiger partial charge is 0.290 e. The van der Waals surface area contributed by atoms with Crippen LogP contribution in [0.3, 0.4) is 0 Å². The van der Waals surface area contributed by atoms with E-state index in [0.717, 1.165) is 6.07 Å². The van der Waals surface area contributed by atoms with Gasteiger partial charge in [-0.1, -0.05) is 6.07 Å². The van der Waals surface area contributed by atoms with Gasteiger partial charge in [0.1, 0.15) is 5.82 Å². The predicted octanol–water partition coefficient (Wildman–Crippen LogP) is 0.229. The first kappa shape index (κ1) is 7.68. The van der Waals surface area contributed by atoms with Crippen molar-refractivity contribution in [2.75, 3.05) is 0 Å². The van der Waals surface area contributed by atoms with Crippen molar-refractivity contribution in [1.29, 1.82) is 0 Å². The van der Waals surface area contributed by atoms with Gasteiger partial charge in [0.15, 0.2) is 0 Å². The maximum absolute atomic E-state index is 12.4. The number of hydrogen-bond acceptors (Lipinski definition) is 2. The molecule has 0 saturated heterocycles. The van der Waals surface area contributed by atoms with Crippen LogP contribution in [0.5, 0.6) is 0 Å². The number of nitrogens with two attached hydrogens (primary N) is 1. The molecule has 3 nitrogen and oxygen atoms in total. The van der Waals surface area contributed by atoms with Gasteiger partial charge in [0.25, 0.3) is 5.91 Å². The van der Waals surface area contributed by atoms with Crippen molar-refractivity contribution >= 4 is 5.91 Å². The minimum atomic E-state index is -0.551. The Bertz CT molecular complexity index is 275. The first-order chi connectivity index (χ1) is 5.24. The molecular weight excluding hydrogens is 147 g/mol. The Morgan fingerprint density at radius 2 is 2.45 bits per heavy atom. The molecule has 0 bridgehead atoms. The van der Waals surface area contributed by atoms with Crippen molar-refractivity contribution in [2.45, 2.75) is 0 Å². The lowest BCUT2D eigenvalue weighted by Gasteiger charge is -1.96. The summed E-state index contributed by atoms with van der Waals surface area (Å²) in [6.07, 6.45) is 0. The zero-order chi connectivity index (χ0) is 8.27. The molecule has 0 aliphatic carbocycles. The molecule has 0 aliphatic heterocycles. The van der Waals surface area contributed by atoms with E-state index in [4.69, 9.17) is 5.84 Å². The van der Waals surface area contributed by atoms with Gasteiger partial charge in [-0.2, -0.15) is 0 Å². The molecule has 1 aromatic carbocycles. The number of hydrazine groups is 1. The molecular formula is C7H6FN2O. The monoisotopic (exact) mass is 153 g/mol. The normalized spacial score (nSPS) is 9.27. The fraction of sp³-hybridized carbons (Fsp3) is 0. The van der Waals surface area contributed by atoms with E-state index in [2.05, 4.69) is 6.07 Å². The van der Waals surface area contributed by atoms with Crippen molar-refractivity contribution < 1.29 is 9.18 Å². The number of benzene rings is 1. The highest BCUT2D eigenvalue weighted by molar-refractivity contribution is 5.93. The summed E-state index contributed by atoms with van der Waals surface area (Å²) in [6, 6.07) is 6.11. The van der Waals surface area contributed by atoms with E-state index in [-0.39, 0.29) is 5.56 Å². The molecule has 0 fully saturated rings. The highest BCUT2D eigenvalue weighted by Gasteiger charge is 2.02. The second-order valence-electron chi connectivity index (χ2n) is 1.89. The molecule has 0 aliphatic rings. The molecule has 1 rings (SSSR count). The summed E-state index contributed by atoms with van der Waals surface area (Å²) in [7, 11) is 0. The standard InChI is InChI=1S/C7H6FN2O/c8-6-3-1-2-5(4-6)7(11)10-9/h1,3-4H,9H2,(H,10,11). The second kappa shape index (κ2) is 3.12. The summed E-state index contributed by atoms with van der Waals surface area (Å²) in [5, 5.41) is 0. The number of nitrogen functional groups attached to an aromatic ring is 1. The topological polar surface area (TPSA) is 55.1 Å². The first-order valence-electron chi connectivity index (χ1n) is 2.92. The Morgan fingerprint density at radius 3 is 3.00 bits per heavy atom. The lowest BCUT2D eigenvalue weighted by atomic mass is 10.2. The maximum atomic E-state index is 12.4. The molecule has 3 N–H and O–H groups in total. The molecule has 0 atom stereocenters. The summed E-state index contributed by atoms with van der Waals surface area (Å²) in [4.78, 5) is 10.7. The molecule has 1 aromatic rings. The van der Waals surface area contributed by atoms with Gasteiger partial charge in [0.05, 0.1) is 5.56 Å². The Kier molecular flexibility index (Phi) is 2.18. The number of rotatable bonds is 1. The molecule has 0 spiro atoms. The van der Waals surface area contributed by atoms with Crippen LogP contribution in [0.1, 0.15) is 10.4 Å². The van der Waals surface area contributed by atoms with E-state index < -0.39 is 11.7 Å². The molecule has 11 heavy (non-hydrogen) atoms. The highest BCUT2D eigenvalue weighted by atomic mass is 19.1. The Balaban J connectivity index is 2.96. The van der Waals surface area contributed by atoms with Crippen LogP contribution in [0.25, 0.3) is 0 Å². The Morgan fingerprint density at radius 1 is 1.73 bits per heavy atom. The summed E-state index contributed by atoms with van der Waals surface area (Å²) in [5.74, 6) is 3.78. The van der Waals surface area contributed by atoms with Crippen LogP contribution in [-0.4, -0.2) is 5.91 Å². The van der Waals surface area contributed by atoms with Gasteiger partial charge in [-0.15, -0.1) is 0 Å². The smallest absolute Gasteiger partial charge is 0.265 e. The summed E-state index contributed by atoms with van der Waals surface area (Å²) < 4.78 is 12.4. The van der Waals surface area contributed by atoms with E-state index in [1.54, 1.807) is 0 Å². The average Bonchev–Trinajstić information content (AvgIpc) is 2.03. The summed E-state index contributed by atoms with van der Waals surface area (Å²) >= 11 is 0. The zero-order valence-corrected chi connectivity index (χ0v) is 5.60. The van der Waals surface area contributed by atoms with E-state index in [0.29, 0.717) is 0 Å². The summed E-state index contributed by atoms with van der Waals surface area (Å²) in [5.41, 5.74) is 1.96. The molecule has 0 unspecified atom stereocenters. The number of halogens is 1. The fourth-order valence-electron chi connectivity index (χ4n) is 0.648. The van der Waals surface area contributed by atoms with Gasteiger partial charge in [-0.25, -0.2) is 10.2 Å². The first-order valence-corrected chi connectivity index (χ1v) is 2.92. The third-order valence-electron chi connectivity index (χ3n) is 1.14. The van der Waals surface area contributed by atoms with Gasteiger partial charge >= 0.3 is 0 Å². The van der Waals surface area contributed by atoms with Gasteiger partial charge in [0, 0.05) is 0 Å². The van der Waals surface area contributed by atoms with Crippen LogP contribution in [0, 0.1) is 11.9 Å². The molecule has 1 radical (unpaired) electrons. The van der Waals surface area contributed by atoms with Crippen molar-refractivity contribution in [2.24, 2.45) is 5.84 Å². The number of hydrogen-bond donors (Lipinski definition) is 2. The quantitative estimate of drug-likeness (QED) is 0.344. The average molecular weight is 153 g/mol. The van der Waals surface area contributed by atoms with Crippen molar-refractivity contribution in [3.05, 3.63) is 35.6 Å². The molecule has 0 aromatic heterocycles. The third-order valence-corrected chi connectivity index (χ3v) is 1.14. The highest BCUT2D eigenvalue weighted by Crippen LogP contribution is 2.01. The van der Waals surface area contributed by atoms with Crippen LogP contribution < -0.4 is 11.3 Å². The van der Waals surface area contributed by atoms with E-state index >= 15 is 0 Å². The van der Waals surface area contributed by atoms with Crippen LogP contribution in [0.15, 0.2) is 18.2 Å². The van der Waals surface area contributed by atoms with E-state index in [9.17, 15) is 9.18 Å². The van der Waals surface area contributed by atoms with Crippen molar-refractivity contribution in [1.82, 2.24) is 5.43 Å². The maximum Gasteiger partial charge on any atom is 0.265 e. The molecule has 57 valence electrons. The van der Waals surface area contributed by atoms with Gasteiger partial charge < -0.3 is 0 Å². The molecule has 0 heterocycles. The minimum absolute atomic E-state index is 0.0903. The lowest BCUT2D eigenvalue weighted by molar-refractivity contribution is 0.0953. The second-order valence-corrected chi connectivity index (χ2v) is 1.89. The Hall–Kier alpha value is -1.42. The van der Waals surface area contributed by atoms with E-state index in [1.807, 2.05) is 5.43 Å². The SMILES string of the molecule is NNC(=O)c1[c]ccc(F)c1. The molecule has 1 amide bonds. The lowest BCUT2D eigenvalue weighted by Crippen LogP contribution is -2.30. The van der Waals surface area contributed by atoms with Crippen LogP contribution in [-0.2, 0) is 0 Å². The predicted molar refractivity (Wildman–Crippen MR) is 36.9 cm³/mol. The number of nitrogens with one attached hydrogen (secondary N) is 1. The third kappa shape index (κ3) is 1.75. The number of carbonyl (C=O) groups is 1. The molecule has 4 heteroatoms. The zero-order valence-electron chi connectivity index (χ0n) is 5.60. The van der Waals surface area contributed by atoms with Crippen LogP contribution in [0.2, 0.25) is 0 Å². The van der Waals surface area contributed by atoms with Crippen molar-refractivity contribution in [3.8, 4) is 0 Å². The minimum Gasteiger partial charge on any atom is -0.290 e. The molecule has 0 saturated carbocycles. The Labute approximate surface area is 63.0 Å². The van der Waals surface area contributed by atoms with Gasteiger partial charge in [-0.3, -0.25) is 10.2 Å². The number of amides is 1.